The predicted octanol–water partition coefficient (Wildman–Crippen LogP) is 1.48. The van der Waals surface area contributed by atoms with Gasteiger partial charge >= 0.3 is 0 Å². The first-order valence-corrected chi connectivity index (χ1v) is 9.39. The molecular formula is C19H26ClN3O4. The number of rotatable bonds is 4. The molecule has 4 rings (SSSR count). The summed E-state index contributed by atoms with van der Waals surface area (Å²) in [5, 5.41) is 3.06. The van der Waals surface area contributed by atoms with E-state index in [0.29, 0.717) is 50.1 Å². The van der Waals surface area contributed by atoms with Crippen molar-refractivity contribution in [3.05, 3.63) is 18.2 Å². The Bertz CT molecular complexity index is 714. The number of carbonyl (C=O) groups excluding carboxylic acids is 2. The smallest absolute Gasteiger partial charge is 0.239 e. The van der Waals surface area contributed by atoms with Crippen LogP contribution in [0.1, 0.15) is 25.7 Å². The van der Waals surface area contributed by atoms with E-state index in [4.69, 9.17) is 15.2 Å². The molecule has 3 unspecified atom stereocenters. The molecule has 2 aliphatic heterocycles. The molecule has 8 heteroatoms. The van der Waals surface area contributed by atoms with Crippen molar-refractivity contribution in [1.82, 2.24) is 5.32 Å². The summed E-state index contributed by atoms with van der Waals surface area (Å²) in [5.41, 5.74) is 6.53. The van der Waals surface area contributed by atoms with E-state index in [-0.39, 0.29) is 30.3 Å². The largest absolute Gasteiger partial charge is 0.486 e. The topological polar surface area (TPSA) is 93.9 Å². The molecule has 0 aromatic heterocycles. The Hall–Kier alpha value is -1.99. The average Bonchev–Trinajstić information content (AvgIpc) is 3.27. The summed E-state index contributed by atoms with van der Waals surface area (Å²) >= 11 is 0. The summed E-state index contributed by atoms with van der Waals surface area (Å²) in [5.74, 6) is 0.717. The second-order valence-electron chi connectivity index (χ2n) is 7.20. The minimum atomic E-state index is -0.623. The number of nitrogens with two attached hydrogens (primary N) is 1. The van der Waals surface area contributed by atoms with E-state index >= 15 is 0 Å². The lowest BCUT2D eigenvalue weighted by Crippen LogP contribution is -2.44. The van der Waals surface area contributed by atoms with Gasteiger partial charge in [0.15, 0.2) is 11.5 Å². The van der Waals surface area contributed by atoms with Gasteiger partial charge < -0.3 is 25.4 Å². The molecule has 1 aromatic rings. The monoisotopic (exact) mass is 395 g/mol. The maximum Gasteiger partial charge on any atom is 0.239 e. The molecule has 27 heavy (non-hydrogen) atoms. The van der Waals surface area contributed by atoms with E-state index in [2.05, 4.69) is 5.32 Å². The van der Waals surface area contributed by atoms with Crippen LogP contribution in [0, 0.1) is 11.8 Å². The Labute approximate surface area is 165 Å². The minimum Gasteiger partial charge on any atom is -0.486 e. The van der Waals surface area contributed by atoms with Crippen molar-refractivity contribution >= 4 is 29.9 Å². The van der Waals surface area contributed by atoms with Crippen molar-refractivity contribution < 1.29 is 19.1 Å². The van der Waals surface area contributed by atoms with Gasteiger partial charge in [0.05, 0.1) is 0 Å². The average molecular weight is 396 g/mol. The number of carbonyl (C=O) groups is 2. The lowest BCUT2D eigenvalue weighted by atomic mass is 10.0. The fourth-order valence-corrected chi connectivity index (χ4v) is 4.17. The van der Waals surface area contributed by atoms with Crippen LogP contribution in [-0.2, 0) is 9.59 Å². The molecule has 2 fully saturated rings. The fraction of sp³-hybridized carbons (Fsp3) is 0.579. The highest BCUT2D eigenvalue weighted by Crippen LogP contribution is 2.36. The Morgan fingerprint density at radius 2 is 1.96 bits per heavy atom. The molecule has 1 aromatic carbocycles. The van der Waals surface area contributed by atoms with Crippen LogP contribution < -0.4 is 25.4 Å². The Morgan fingerprint density at radius 3 is 2.74 bits per heavy atom. The van der Waals surface area contributed by atoms with E-state index in [1.807, 2.05) is 18.2 Å². The molecule has 0 bridgehead atoms. The van der Waals surface area contributed by atoms with Gasteiger partial charge in [0.1, 0.15) is 19.1 Å². The van der Waals surface area contributed by atoms with E-state index in [1.54, 1.807) is 4.90 Å². The highest BCUT2D eigenvalue weighted by atomic mass is 35.5. The first-order valence-electron chi connectivity index (χ1n) is 9.39. The number of benzene rings is 1. The molecule has 1 aliphatic carbocycles. The van der Waals surface area contributed by atoms with Crippen LogP contribution in [0.3, 0.4) is 0 Å². The predicted molar refractivity (Wildman–Crippen MR) is 103 cm³/mol. The molecule has 2 heterocycles. The first-order chi connectivity index (χ1) is 12.7. The van der Waals surface area contributed by atoms with Gasteiger partial charge in [-0.3, -0.25) is 9.59 Å². The zero-order valence-electron chi connectivity index (χ0n) is 15.2. The number of ether oxygens (including phenoxy) is 2. The lowest BCUT2D eigenvalue weighted by molar-refractivity contribution is -0.132. The van der Waals surface area contributed by atoms with Gasteiger partial charge in [-0.1, -0.05) is 6.42 Å². The Morgan fingerprint density at radius 1 is 1.19 bits per heavy atom. The molecular weight excluding hydrogens is 370 g/mol. The van der Waals surface area contributed by atoms with E-state index in [9.17, 15) is 9.59 Å². The standard InChI is InChI=1S/C19H25N3O4.ClH/c20-11-12-2-1-3-15(12)21-18(23)14-6-7-22(19(14)24)13-4-5-16-17(10-13)26-9-8-25-16;/h4-5,10,12,14-15H,1-3,6-9,11,20H2,(H,21,23);1H. The third kappa shape index (κ3) is 3.84. The Balaban J connectivity index is 0.00000210. The molecule has 0 spiro atoms. The van der Waals surface area contributed by atoms with E-state index < -0.39 is 5.92 Å². The number of hydrogen-bond acceptors (Lipinski definition) is 5. The van der Waals surface area contributed by atoms with Crippen LogP contribution in [0.5, 0.6) is 11.5 Å². The van der Waals surface area contributed by atoms with Crippen molar-refractivity contribution in [2.45, 2.75) is 31.7 Å². The van der Waals surface area contributed by atoms with Crippen LogP contribution in [0.25, 0.3) is 0 Å². The maximum absolute atomic E-state index is 12.8. The quantitative estimate of drug-likeness (QED) is 0.753. The molecule has 3 N–H and O–H groups in total. The van der Waals surface area contributed by atoms with Gasteiger partial charge in [-0.15, -0.1) is 12.4 Å². The van der Waals surface area contributed by atoms with Crippen molar-refractivity contribution in [1.29, 1.82) is 0 Å². The molecule has 2 amide bonds. The van der Waals surface area contributed by atoms with Gasteiger partial charge in [-0.05, 0) is 43.9 Å². The van der Waals surface area contributed by atoms with Gasteiger partial charge in [-0.2, -0.15) is 0 Å². The third-order valence-electron chi connectivity index (χ3n) is 5.65. The van der Waals surface area contributed by atoms with Gasteiger partial charge in [-0.25, -0.2) is 0 Å². The van der Waals surface area contributed by atoms with Crippen LogP contribution in [0.2, 0.25) is 0 Å². The number of nitrogens with one attached hydrogen (secondary N) is 1. The molecule has 7 nitrogen and oxygen atoms in total. The van der Waals surface area contributed by atoms with E-state index in [0.717, 1.165) is 24.9 Å². The number of nitrogens with zero attached hydrogens (tertiary/aromatic N) is 1. The molecule has 148 valence electrons. The normalized spacial score (nSPS) is 26.6. The SMILES string of the molecule is Cl.NCC1CCCC1NC(=O)C1CCN(c2ccc3c(c2)OCCO3)C1=O. The molecule has 3 atom stereocenters. The van der Waals surface area contributed by atoms with Gasteiger partial charge in [0.2, 0.25) is 11.8 Å². The summed E-state index contributed by atoms with van der Waals surface area (Å²) in [6, 6.07) is 5.57. The summed E-state index contributed by atoms with van der Waals surface area (Å²) in [6.45, 7) is 2.13. The van der Waals surface area contributed by atoms with Gasteiger partial charge in [0, 0.05) is 24.3 Å². The van der Waals surface area contributed by atoms with Crippen molar-refractivity contribution in [3.63, 3.8) is 0 Å². The zero-order chi connectivity index (χ0) is 18.1. The number of hydrogen-bond donors (Lipinski definition) is 2. The summed E-state index contributed by atoms with van der Waals surface area (Å²) in [7, 11) is 0. The van der Waals surface area contributed by atoms with Crippen LogP contribution in [0.15, 0.2) is 18.2 Å². The highest BCUT2D eigenvalue weighted by molar-refractivity contribution is 6.09. The second-order valence-corrected chi connectivity index (χ2v) is 7.20. The lowest BCUT2D eigenvalue weighted by Gasteiger charge is -2.23. The molecule has 3 aliphatic rings. The van der Waals surface area contributed by atoms with Crippen LogP contribution in [-0.4, -0.2) is 44.2 Å². The first kappa shape index (κ1) is 19.8. The van der Waals surface area contributed by atoms with Crippen LogP contribution in [0.4, 0.5) is 5.69 Å². The van der Waals surface area contributed by atoms with Crippen LogP contribution >= 0.6 is 12.4 Å². The zero-order valence-corrected chi connectivity index (χ0v) is 16.0. The van der Waals surface area contributed by atoms with E-state index in [1.165, 1.54) is 0 Å². The summed E-state index contributed by atoms with van der Waals surface area (Å²) < 4.78 is 11.1. The molecule has 0 radical (unpaired) electrons. The second kappa shape index (κ2) is 8.35. The summed E-state index contributed by atoms with van der Waals surface area (Å²) in [4.78, 5) is 27.1. The third-order valence-corrected chi connectivity index (χ3v) is 5.65. The highest BCUT2D eigenvalue weighted by Gasteiger charge is 2.39. The number of halogens is 1. The minimum absolute atomic E-state index is 0. The van der Waals surface area contributed by atoms with Crippen molar-refractivity contribution in [2.75, 3.05) is 31.2 Å². The fourth-order valence-electron chi connectivity index (χ4n) is 4.17. The number of fused-ring (bicyclic) bond motifs is 1. The van der Waals surface area contributed by atoms with Crippen molar-refractivity contribution in [2.24, 2.45) is 17.6 Å². The maximum atomic E-state index is 12.8. The van der Waals surface area contributed by atoms with Gasteiger partial charge in [0.25, 0.3) is 0 Å². The number of amides is 2. The summed E-state index contributed by atoms with van der Waals surface area (Å²) in [6.07, 6.45) is 3.59. The molecule has 1 saturated heterocycles. The van der Waals surface area contributed by atoms with Crippen molar-refractivity contribution in [3.8, 4) is 11.5 Å². The Kier molecular flexibility index (Phi) is 6.11. The number of anilines is 1. The molecule has 1 saturated carbocycles.